The lowest BCUT2D eigenvalue weighted by Crippen LogP contribution is -2.29. The highest BCUT2D eigenvalue weighted by atomic mass is 32.2. The van der Waals surface area contributed by atoms with Crippen molar-refractivity contribution in [2.75, 3.05) is 11.9 Å². The maximum absolute atomic E-state index is 12.1. The molecule has 0 spiro atoms. The van der Waals surface area contributed by atoms with Gasteiger partial charge in [0.1, 0.15) is 0 Å². The Morgan fingerprint density at radius 1 is 1.14 bits per heavy atom. The van der Waals surface area contributed by atoms with Gasteiger partial charge in [0.15, 0.2) is 9.84 Å². The van der Waals surface area contributed by atoms with Crippen molar-refractivity contribution in [3.63, 3.8) is 0 Å². The summed E-state index contributed by atoms with van der Waals surface area (Å²) in [5, 5.41) is 5.41. The minimum Gasteiger partial charge on any atom is -0.338 e. The molecule has 0 aliphatic carbocycles. The summed E-state index contributed by atoms with van der Waals surface area (Å²) in [5.74, 6) is -0.00118. The zero-order valence-electron chi connectivity index (χ0n) is 13.1. The number of hydrogen-bond acceptors (Lipinski definition) is 3. The number of benzene rings is 1. The van der Waals surface area contributed by atoms with Gasteiger partial charge >= 0.3 is 6.03 Å². The van der Waals surface area contributed by atoms with E-state index in [0.29, 0.717) is 17.8 Å². The topological polar surface area (TPSA) is 75.3 Å². The van der Waals surface area contributed by atoms with Crippen LogP contribution in [0.5, 0.6) is 0 Å². The number of hydrogen-bond donors (Lipinski definition) is 2. The molecule has 2 amide bonds. The fraction of sp³-hybridized carbons (Fsp3) is 0.533. The van der Waals surface area contributed by atoms with Gasteiger partial charge < -0.3 is 10.6 Å². The molecule has 0 unspecified atom stereocenters. The lowest BCUT2D eigenvalue weighted by molar-refractivity contribution is 0.252. The summed E-state index contributed by atoms with van der Waals surface area (Å²) in [6, 6.07) is 6.60. The molecule has 0 bridgehead atoms. The summed E-state index contributed by atoms with van der Waals surface area (Å²) >= 11 is 0. The summed E-state index contributed by atoms with van der Waals surface area (Å²) in [6.45, 7) is 7.67. The van der Waals surface area contributed by atoms with Gasteiger partial charge in [-0.1, -0.05) is 19.1 Å². The van der Waals surface area contributed by atoms with E-state index in [1.165, 1.54) is 0 Å². The molecule has 0 saturated carbocycles. The van der Waals surface area contributed by atoms with E-state index in [1.807, 2.05) is 6.92 Å². The number of anilines is 1. The van der Waals surface area contributed by atoms with Crippen molar-refractivity contribution in [1.82, 2.24) is 5.32 Å². The van der Waals surface area contributed by atoms with Gasteiger partial charge in [0.25, 0.3) is 0 Å². The van der Waals surface area contributed by atoms with Crippen LogP contribution in [0.4, 0.5) is 10.5 Å². The summed E-state index contributed by atoms with van der Waals surface area (Å²) < 4.78 is 23.5. The van der Waals surface area contributed by atoms with Crippen molar-refractivity contribution in [2.45, 2.75) is 44.6 Å². The van der Waals surface area contributed by atoms with Crippen molar-refractivity contribution in [3.05, 3.63) is 29.8 Å². The molecule has 1 aromatic carbocycles. The minimum absolute atomic E-state index is 0.00118. The number of carbonyl (C=O) groups is 1. The van der Waals surface area contributed by atoms with Crippen LogP contribution in [0, 0.1) is 0 Å². The summed E-state index contributed by atoms with van der Waals surface area (Å²) in [5.41, 5.74) is 1.35. The largest absolute Gasteiger partial charge is 0.338 e. The molecule has 0 aliphatic heterocycles. The first-order valence-corrected chi connectivity index (χ1v) is 8.67. The predicted molar refractivity (Wildman–Crippen MR) is 86.1 cm³/mol. The third kappa shape index (κ3) is 5.38. The fourth-order valence-corrected chi connectivity index (χ4v) is 2.60. The number of carbonyl (C=O) groups excluding carboxylic acids is 1. The van der Waals surface area contributed by atoms with E-state index < -0.39 is 14.6 Å². The van der Waals surface area contributed by atoms with E-state index in [9.17, 15) is 13.2 Å². The molecule has 21 heavy (non-hydrogen) atoms. The van der Waals surface area contributed by atoms with Crippen LogP contribution >= 0.6 is 0 Å². The second kappa shape index (κ2) is 6.93. The predicted octanol–water partition coefficient (Wildman–Crippen LogP) is 2.93. The maximum Gasteiger partial charge on any atom is 0.319 e. The first-order valence-electron chi connectivity index (χ1n) is 7.02. The Bertz CT molecular complexity index is 572. The van der Waals surface area contributed by atoms with Gasteiger partial charge in [0.2, 0.25) is 0 Å². The van der Waals surface area contributed by atoms with Crippen molar-refractivity contribution in [1.29, 1.82) is 0 Å². The Kier molecular flexibility index (Phi) is 5.78. The molecule has 0 saturated heterocycles. The SMILES string of the molecule is CCCNC(=O)Nc1ccc(CS(=O)(=O)C(C)(C)C)cc1. The molecule has 0 aromatic heterocycles. The third-order valence-electron chi connectivity index (χ3n) is 3.04. The Labute approximate surface area is 127 Å². The van der Waals surface area contributed by atoms with Gasteiger partial charge in [0, 0.05) is 12.2 Å². The second-order valence-electron chi connectivity index (χ2n) is 5.95. The number of rotatable bonds is 5. The molecule has 0 atom stereocenters. The number of urea groups is 1. The summed E-state index contributed by atoms with van der Waals surface area (Å²) in [4.78, 5) is 11.5. The van der Waals surface area contributed by atoms with E-state index in [-0.39, 0.29) is 11.8 Å². The summed E-state index contributed by atoms with van der Waals surface area (Å²) in [6.07, 6.45) is 0.872. The molecule has 118 valence electrons. The Morgan fingerprint density at radius 3 is 2.19 bits per heavy atom. The van der Waals surface area contributed by atoms with Gasteiger partial charge in [0.05, 0.1) is 10.5 Å². The Balaban J connectivity index is 2.69. The van der Waals surface area contributed by atoms with Crippen molar-refractivity contribution in [3.8, 4) is 0 Å². The molecular formula is C15H24N2O3S. The van der Waals surface area contributed by atoms with Crippen LogP contribution in [0.2, 0.25) is 0 Å². The van der Waals surface area contributed by atoms with Crippen LogP contribution < -0.4 is 10.6 Å². The molecule has 0 heterocycles. The third-order valence-corrected chi connectivity index (χ3v) is 5.62. The number of sulfone groups is 1. The van der Waals surface area contributed by atoms with E-state index in [4.69, 9.17) is 0 Å². The highest BCUT2D eigenvalue weighted by Gasteiger charge is 2.28. The van der Waals surface area contributed by atoms with E-state index in [2.05, 4.69) is 10.6 Å². The minimum atomic E-state index is -3.20. The Hall–Kier alpha value is -1.56. The Morgan fingerprint density at radius 2 is 1.71 bits per heavy atom. The van der Waals surface area contributed by atoms with E-state index in [1.54, 1.807) is 45.0 Å². The molecule has 6 heteroatoms. The lowest BCUT2D eigenvalue weighted by atomic mass is 10.2. The first kappa shape index (κ1) is 17.5. The van der Waals surface area contributed by atoms with Gasteiger partial charge in [-0.2, -0.15) is 0 Å². The number of nitrogens with one attached hydrogen (secondary N) is 2. The highest BCUT2D eigenvalue weighted by Crippen LogP contribution is 2.21. The first-order chi connectivity index (χ1) is 9.65. The smallest absolute Gasteiger partial charge is 0.319 e. The fourth-order valence-electron chi connectivity index (χ4n) is 1.53. The van der Waals surface area contributed by atoms with Gasteiger partial charge in [-0.05, 0) is 44.9 Å². The maximum atomic E-state index is 12.1. The molecule has 2 N–H and O–H groups in total. The molecule has 0 fully saturated rings. The molecule has 0 radical (unpaired) electrons. The van der Waals surface area contributed by atoms with Crippen LogP contribution in [0.15, 0.2) is 24.3 Å². The van der Waals surface area contributed by atoms with Crippen molar-refractivity contribution < 1.29 is 13.2 Å². The molecule has 5 nitrogen and oxygen atoms in total. The molecule has 1 rings (SSSR count). The summed E-state index contributed by atoms with van der Waals surface area (Å²) in [7, 11) is -3.20. The monoisotopic (exact) mass is 312 g/mol. The van der Waals surface area contributed by atoms with Crippen LogP contribution in [0.25, 0.3) is 0 Å². The van der Waals surface area contributed by atoms with Crippen LogP contribution in [0.1, 0.15) is 39.7 Å². The molecule has 1 aromatic rings. The normalized spacial score (nSPS) is 12.0. The zero-order valence-corrected chi connectivity index (χ0v) is 13.9. The van der Waals surface area contributed by atoms with Crippen molar-refractivity contribution in [2.24, 2.45) is 0 Å². The van der Waals surface area contributed by atoms with Crippen molar-refractivity contribution >= 4 is 21.6 Å². The lowest BCUT2D eigenvalue weighted by Gasteiger charge is -2.19. The average Bonchev–Trinajstić information content (AvgIpc) is 2.37. The van der Waals surface area contributed by atoms with Gasteiger partial charge in [-0.25, -0.2) is 13.2 Å². The van der Waals surface area contributed by atoms with Crippen LogP contribution in [-0.2, 0) is 15.6 Å². The van der Waals surface area contributed by atoms with E-state index in [0.717, 1.165) is 6.42 Å². The standard InChI is InChI=1S/C15H24N2O3S/c1-5-10-16-14(18)17-13-8-6-12(7-9-13)11-21(19,20)15(2,3)4/h6-9H,5,10-11H2,1-4H3,(H2,16,17,18). The molecular weight excluding hydrogens is 288 g/mol. The van der Waals surface area contributed by atoms with E-state index >= 15 is 0 Å². The van der Waals surface area contributed by atoms with Crippen LogP contribution in [0.3, 0.4) is 0 Å². The zero-order chi connectivity index (χ0) is 16.1. The molecule has 0 aliphatic rings. The van der Waals surface area contributed by atoms with Gasteiger partial charge in [-0.3, -0.25) is 0 Å². The van der Waals surface area contributed by atoms with Gasteiger partial charge in [-0.15, -0.1) is 0 Å². The van der Waals surface area contributed by atoms with Crippen LogP contribution in [-0.4, -0.2) is 25.7 Å². The quantitative estimate of drug-likeness (QED) is 0.877. The highest BCUT2D eigenvalue weighted by molar-refractivity contribution is 7.91. The second-order valence-corrected chi connectivity index (χ2v) is 8.69. The number of amides is 2. The average molecular weight is 312 g/mol.